The van der Waals surface area contributed by atoms with Crippen LogP contribution < -0.4 is 5.73 Å². The topological polar surface area (TPSA) is 32.5 Å². The van der Waals surface area contributed by atoms with Crippen LogP contribution in [0.25, 0.3) is 0 Å². The minimum absolute atomic E-state index is 0.270. The molecule has 1 aromatic rings. The van der Waals surface area contributed by atoms with Crippen molar-refractivity contribution in [3.63, 3.8) is 0 Å². The molecule has 118 valence electrons. The van der Waals surface area contributed by atoms with Gasteiger partial charge < -0.3 is 5.73 Å². The Balaban J connectivity index is 1.80. The Morgan fingerprint density at radius 3 is 2.24 bits per heavy atom. The lowest BCUT2D eigenvalue weighted by Crippen LogP contribution is -2.50. The van der Waals surface area contributed by atoms with E-state index in [0.717, 1.165) is 39.3 Å². The molecule has 0 aromatic heterocycles. The number of halogens is 2. The van der Waals surface area contributed by atoms with Crippen LogP contribution in [0.5, 0.6) is 0 Å². The van der Waals surface area contributed by atoms with Crippen molar-refractivity contribution >= 4 is 23.2 Å². The normalized spacial score (nSPS) is 19.1. The Kier molecular flexibility index (Phi) is 6.33. The molecule has 1 aliphatic rings. The zero-order valence-corrected chi connectivity index (χ0v) is 14.4. The van der Waals surface area contributed by atoms with Crippen molar-refractivity contribution in [2.45, 2.75) is 26.4 Å². The number of nitrogens with zero attached hydrogens (tertiary/aromatic N) is 2. The minimum atomic E-state index is 0.270. The fourth-order valence-corrected chi connectivity index (χ4v) is 2.86. The predicted octanol–water partition coefficient (Wildman–Crippen LogP) is 3.09. The van der Waals surface area contributed by atoms with Crippen LogP contribution in [0.15, 0.2) is 18.2 Å². The van der Waals surface area contributed by atoms with E-state index in [2.05, 4.69) is 29.7 Å². The zero-order valence-electron chi connectivity index (χ0n) is 12.9. The number of nitrogens with two attached hydrogens (primary N) is 1. The number of hydrogen-bond donors (Lipinski definition) is 1. The smallest absolute Gasteiger partial charge is 0.0595 e. The van der Waals surface area contributed by atoms with E-state index in [0.29, 0.717) is 16.0 Å². The van der Waals surface area contributed by atoms with E-state index in [1.165, 1.54) is 5.56 Å². The summed E-state index contributed by atoms with van der Waals surface area (Å²) >= 11 is 12.0. The van der Waals surface area contributed by atoms with Crippen LogP contribution in [-0.4, -0.2) is 48.6 Å². The quantitative estimate of drug-likeness (QED) is 0.900. The van der Waals surface area contributed by atoms with E-state index < -0.39 is 0 Å². The van der Waals surface area contributed by atoms with Gasteiger partial charge in [0.2, 0.25) is 0 Å². The monoisotopic (exact) mass is 329 g/mol. The molecule has 1 atom stereocenters. The van der Waals surface area contributed by atoms with Crippen LogP contribution in [0.3, 0.4) is 0 Å². The van der Waals surface area contributed by atoms with E-state index >= 15 is 0 Å². The van der Waals surface area contributed by atoms with E-state index in [4.69, 9.17) is 28.9 Å². The minimum Gasteiger partial charge on any atom is -0.326 e. The molecule has 3 nitrogen and oxygen atoms in total. The Hall–Kier alpha value is -0.320. The molecule has 0 unspecified atom stereocenters. The van der Waals surface area contributed by atoms with Gasteiger partial charge in [0.1, 0.15) is 0 Å². The molecule has 0 saturated carbocycles. The standard InChI is InChI=1S/C16H25Cl2N3/c1-12(2)16(19)11-21-7-5-20(6-8-21)10-13-3-4-14(17)15(18)9-13/h3-4,9,12,16H,5-8,10-11,19H2,1-2H3/t16-/m0/s1. The van der Waals surface area contributed by atoms with Crippen molar-refractivity contribution < 1.29 is 0 Å². The first-order valence-corrected chi connectivity index (χ1v) is 8.35. The number of hydrogen-bond acceptors (Lipinski definition) is 3. The Morgan fingerprint density at radius 2 is 1.67 bits per heavy atom. The molecule has 1 fully saturated rings. The summed E-state index contributed by atoms with van der Waals surface area (Å²) in [6.07, 6.45) is 0. The Morgan fingerprint density at radius 1 is 1.05 bits per heavy atom. The van der Waals surface area contributed by atoms with Crippen molar-refractivity contribution in [2.24, 2.45) is 11.7 Å². The summed E-state index contributed by atoms with van der Waals surface area (Å²) < 4.78 is 0. The molecule has 0 amide bonds. The van der Waals surface area contributed by atoms with Crippen LogP contribution >= 0.6 is 23.2 Å². The average Bonchev–Trinajstić information content (AvgIpc) is 2.45. The van der Waals surface area contributed by atoms with Gasteiger partial charge in [-0.2, -0.15) is 0 Å². The highest BCUT2D eigenvalue weighted by atomic mass is 35.5. The van der Waals surface area contributed by atoms with Gasteiger partial charge in [-0.05, 0) is 23.6 Å². The first-order chi connectivity index (χ1) is 9.95. The van der Waals surface area contributed by atoms with Crippen LogP contribution in [-0.2, 0) is 6.54 Å². The molecule has 1 saturated heterocycles. The molecular formula is C16H25Cl2N3. The largest absolute Gasteiger partial charge is 0.326 e. The van der Waals surface area contributed by atoms with Gasteiger partial charge >= 0.3 is 0 Å². The molecule has 5 heteroatoms. The van der Waals surface area contributed by atoms with E-state index in [9.17, 15) is 0 Å². The molecule has 21 heavy (non-hydrogen) atoms. The van der Waals surface area contributed by atoms with Gasteiger partial charge in [-0.3, -0.25) is 9.80 Å². The van der Waals surface area contributed by atoms with Crippen LogP contribution in [0, 0.1) is 5.92 Å². The molecule has 0 aliphatic carbocycles. The average molecular weight is 330 g/mol. The van der Waals surface area contributed by atoms with Gasteiger partial charge in [0.15, 0.2) is 0 Å². The molecule has 0 spiro atoms. The molecule has 0 bridgehead atoms. The van der Waals surface area contributed by atoms with Gasteiger partial charge in [0.25, 0.3) is 0 Å². The third-order valence-corrected chi connectivity index (χ3v) is 4.92. The molecule has 2 N–H and O–H groups in total. The Labute approximate surface area is 138 Å². The van der Waals surface area contributed by atoms with Crippen molar-refractivity contribution in [1.29, 1.82) is 0 Å². The summed E-state index contributed by atoms with van der Waals surface area (Å²) in [5, 5.41) is 1.25. The van der Waals surface area contributed by atoms with Gasteiger partial charge in [-0.15, -0.1) is 0 Å². The summed E-state index contributed by atoms with van der Waals surface area (Å²) in [6, 6.07) is 6.16. The van der Waals surface area contributed by atoms with Crippen LogP contribution in [0.1, 0.15) is 19.4 Å². The lowest BCUT2D eigenvalue weighted by atomic mass is 10.0. The van der Waals surface area contributed by atoms with Gasteiger partial charge in [0.05, 0.1) is 10.0 Å². The lowest BCUT2D eigenvalue weighted by Gasteiger charge is -2.36. The van der Waals surface area contributed by atoms with Gasteiger partial charge in [-0.25, -0.2) is 0 Å². The summed E-state index contributed by atoms with van der Waals surface area (Å²) in [5.74, 6) is 0.541. The molecule has 1 aliphatic heterocycles. The first kappa shape index (κ1) is 17.0. The zero-order chi connectivity index (χ0) is 15.4. The number of benzene rings is 1. The highest BCUT2D eigenvalue weighted by molar-refractivity contribution is 6.42. The molecular weight excluding hydrogens is 305 g/mol. The lowest BCUT2D eigenvalue weighted by molar-refractivity contribution is 0.117. The molecule has 0 radical (unpaired) electrons. The van der Waals surface area contributed by atoms with Crippen LogP contribution in [0.2, 0.25) is 10.0 Å². The first-order valence-electron chi connectivity index (χ1n) is 7.60. The van der Waals surface area contributed by atoms with Gasteiger partial charge in [-0.1, -0.05) is 43.1 Å². The molecule has 2 rings (SSSR count). The molecule has 1 heterocycles. The fourth-order valence-electron chi connectivity index (χ4n) is 2.54. The van der Waals surface area contributed by atoms with Crippen molar-refractivity contribution in [1.82, 2.24) is 9.80 Å². The summed E-state index contributed by atoms with van der Waals surface area (Å²) in [5.41, 5.74) is 7.37. The second kappa shape index (κ2) is 7.80. The number of rotatable bonds is 5. The third-order valence-electron chi connectivity index (χ3n) is 4.18. The second-order valence-corrected chi connectivity index (χ2v) is 7.05. The van der Waals surface area contributed by atoms with Crippen molar-refractivity contribution in [3.05, 3.63) is 33.8 Å². The summed E-state index contributed by atoms with van der Waals surface area (Å²) in [6.45, 7) is 10.6. The van der Waals surface area contributed by atoms with E-state index in [1.54, 1.807) is 0 Å². The van der Waals surface area contributed by atoms with E-state index in [1.807, 2.05) is 12.1 Å². The van der Waals surface area contributed by atoms with E-state index in [-0.39, 0.29) is 6.04 Å². The maximum Gasteiger partial charge on any atom is 0.0595 e. The highest BCUT2D eigenvalue weighted by Gasteiger charge is 2.20. The van der Waals surface area contributed by atoms with Crippen molar-refractivity contribution in [3.8, 4) is 0 Å². The maximum absolute atomic E-state index is 6.15. The SMILES string of the molecule is CC(C)[C@@H](N)CN1CCN(Cc2ccc(Cl)c(Cl)c2)CC1. The van der Waals surface area contributed by atoms with Crippen LogP contribution in [0.4, 0.5) is 0 Å². The maximum atomic E-state index is 6.15. The summed E-state index contributed by atoms with van der Waals surface area (Å²) in [7, 11) is 0. The van der Waals surface area contributed by atoms with Gasteiger partial charge in [0, 0.05) is 45.3 Å². The highest BCUT2D eigenvalue weighted by Crippen LogP contribution is 2.23. The fraction of sp³-hybridized carbons (Fsp3) is 0.625. The Bertz CT molecular complexity index is 457. The second-order valence-electron chi connectivity index (χ2n) is 6.23. The molecule has 1 aromatic carbocycles. The summed E-state index contributed by atoms with van der Waals surface area (Å²) in [4.78, 5) is 4.92. The number of piperazine rings is 1. The predicted molar refractivity (Wildman–Crippen MR) is 91.0 cm³/mol. The van der Waals surface area contributed by atoms with Crippen molar-refractivity contribution in [2.75, 3.05) is 32.7 Å². The third kappa shape index (κ3) is 5.11.